The van der Waals surface area contributed by atoms with E-state index in [4.69, 9.17) is 5.73 Å². The fourth-order valence-electron chi connectivity index (χ4n) is 1.72. The molecule has 0 aliphatic carbocycles. The van der Waals surface area contributed by atoms with Gasteiger partial charge in [0.15, 0.2) is 0 Å². The molecule has 2 aromatic rings. The van der Waals surface area contributed by atoms with E-state index in [1.807, 2.05) is 0 Å². The molecule has 104 valence electrons. The molecule has 1 heterocycles. The maximum absolute atomic E-state index is 12.1. The zero-order valence-electron chi connectivity index (χ0n) is 10.4. The predicted octanol–water partition coefficient (Wildman–Crippen LogP) is -0.896. The summed E-state index contributed by atoms with van der Waals surface area (Å²) in [6, 6.07) is 6.77. The molecule has 0 radical (unpaired) electrons. The van der Waals surface area contributed by atoms with Gasteiger partial charge in [-0.3, -0.25) is 14.4 Å². The number of rotatable bonds is 4. The van der Waals surface area contributed by atoms with Gasteiger partial charge in [0, 0.05) is 17.1 Å². The molecule has 7 nitrogen and oxygen atoms in total. The summed E-state index contributed by atoms with van der Waals surface area (Å²) in [6.07, 6.45) is -0.199. The first-order chi connectivity index (χ1) is 9.50. The molecule has 1 unspecified atom stereocenters. The van der Waals surface area contributed by atoms with Crippen LogP contribution in [0.2, 0.25) is 0 Å². The second-order valence-corrected chi connectivity index (χ2v) is 4.21. The minimum Gasteiger partial charge on any atom is -0.381 e. The van der Waals surface area contributed by atoms with Crippen LogP contribution in [-0.2, 0) is 4.79 Å². The van der Waals surface area contributed by atoms with Gasteiger partial charge in [-0.05, 0) is 12.1 Å². The summed E-state index contributed by atoms with van der Waals surface area (Å²) in [5, 5.41) is 11.8. The van der Waals surface area contributed by atoms with Crippen molar-refractivity contribution in [2.24, 2.45) is 5.73 Å². The van der Waals surface area contributed by atoms with Crippen molar-refractivity contribution in [3.63, 3.8) is 0 Å². The minimum atomic E-state index is -1.49. The average molecular weight is 275 g/mol. The molecule has 0 aliphatic heterocycles. The Bertz CT molecular complexity index is 723. The lowest BCUT2D eigenvalue weighted by Crippen LogP contribution is -2.41. The summed E-state index contributed by atoms with van der Waals surface area (Å²) in [6.45, 7) is -0.347. The number of carbonyl (C=O) groups excluding carboxylic acids is 2. The molecule has 0 spiro atoms. The van der Waals surface area contributed by atoms with Crippen LogP contribution >= 0.6 is 0 Å². The Morgan fingerprint density at radius 3 is 2.75 bits per heavy atom. The van der Waals surface area contributed by atoms with E-state index in [0.717, 1.165) is 0 Å². The van der Waals surface area contributed by atoms with Gasteiger partial charge in [-0.2, -0.15) is 0 Å². The first kappa shape index (κ1) is 13.8. The van der Waals surface area contributed by atoms with Gasteiger partial charge in [-0.15, -0.1) is 0 Å². The number of hydrogen-bond donors (Lipinski definition) is 4. The van der Waals surface area contributed by atoms with Gasteiger partial charge in [-0.25, -0.2) is 0 Å². The fraction of sp³-hybridized carbons (Fsp3) is 0.154. The lowest BCUT2D eigenvalue weighted by Gasteiger charge is -2.08. The Morgan fingerprint density at radius 2 is 2.05 bits per heavy atom. The van der Waals surface area contributed by atoms with E-state index in [0.29, 0.717) is 10.9 Å². The number of H-pyrrole nitrogens is 1. The number of hydrogen-bond acceptors (Lipinski definition) is 4. The SMILES string of the molecule is NC(=O)C(O)CNC(=O)c1c[nH]c2ccccc2c1=O. The van der Waals surface area contributed by atoms with Crippen molar-refractivity contribution in [1.29, 1.82) is 0 Å². The van der Waals surface area contributed by atoms with Crippen LogP contribution in [0, 0.1) is 0 Å². The molecular formula is C13H13N3O4. The maximum atomic E-state index is 12.1. The number of aliphatic hydroxyl groups is 1. The van der Waals surface area contributed by atoms with Gasteiger partial charge in [-0.1, -0.05) is 12.1 Å². The summed E-state index contributed by atoms with van der Waals surface area (Å²) in [5.74, 6) is -1.63. The van der Waals surface area contributed by atoms with E-state index in [1.165, 1.54) is 6.20 Å². The van der Waals surface area contributed by atoms with E-state index >= 15 is 0 Å². The van der Waals surface area contributed by atoms with Crippen LogP contribution in [0.25, 0.3) is 10.9 Å². The lowest BCUT2D eigenvalue weighted by atomic mass is 10.1. The molecule has 0 fully saturated rings. The van der Waals surface area contributed by atoms with Gasteiger partial charge in [0.2, 0.25) is 11.3 Å². The van der Waals surface area contributed by atoms with Gasteiger partial charge in [0.05, 0.1) is 6.54 Å². The first-order valence-corrected chi connectivity index (χ1v) is 5.86. The Morgan fingerprint density at radius 1 is 1.35 bits per heavy atom. The molecule has 2 amide bonds. The number of para-hydroxylation sites is 1. The number of aromatic amines is 1. The summed E-state index contributed by atoms with van der Waals surface area (Å²) in [5.41, 5.74) is 4.95. The molecule has 0 saturated carbocycles. The third kappa shape index (κ3) is 2.67. The van der Waals surface area contributed by atoms with E-state index in [9.17, 15) is 19.5 Å². The third-order valence-electron chi connectivity index (χ3n) is 2.82. The van der Waals surface area contributed by atoms with Crippen molar-refractivity contribution < 1.29 is 14.7 Å². The molecular weight excluding hydrogens is 262 g/mol. The standard InChI is InChI=1S/C13H13N3O4/c14-12(19)10(17)6-16-13(20)8-5-15-9-4-2-1-3-7(9)11(8)18/h1-5,10,17H,6H2,(H2,14,19)(H,15,18)(H,16,20). The number of primary amides is 1. The molecule has 0 bridgehead atoms. The molecule has 5 N–H and O–H groups in total. The molecule has 20 heavy (non-hydrogen) atoms. The summed E-state index contributed by atoms with van der Waals surface area (Å²) in [7, 11) is 0. The van der Waals surface area contributed by atoms with E-state index in [-0.39, 0.29) is 12.1 Å². The Kier molecular flexibility index (Phi) is 3.81. The maximum Gasteiger partial charge on any atom is 0.256 e. The molecule has 0 saturated heterocycles. The second-order valence-electron chi connectivity index (χ2n) is 4.21. The first-order valence-electron chi connectivity index (χ1n) is 5.86. The zero-order chi connectivity index (χ0) is 14.7. The summed E-state index contributed by atoms with van der Waals surface area (Å²) in [4.78, 5) is 37.4. The van der Waals surface area contributed by atoms with Crippen LogP contribution in [0.5, 0.6) is 0 Å². The smallest absolute Gasteiger partial charge is 0.256 e. The van der Waals surface area contributed by atoms with E-state index < -0.39 is 23.3 Å². The van der Waals surface area contributed by atoms with Crippen molar-refractivity contribution in [2.45, 2.75) is 6.10 Å². The van der Waals surface area contributed by atoms with Crippen LogP contribution < -0.4 is 16.5 Å². The molecule has 2 rings (SSSR count). The highest BCUT2D eigenvalue weighted by molar-refractivity contribution is 5.97. The number of benzene rings is 1. The van der Waals surface area contributed by atoms with Gasteiger partial charge >= 0.3 is 0 Å². The highest BCUT2D eigenvalue weighted by Crippen LogP contribution is 2.06. The monoisotopic (exact) mass is 275 g/mol. The molecule has 1 aromatic heterocycles. The number of amides is 2. The van der Waals surface area contributed by atoms with E-state index in [1.54, 1.807) is 24.3 Å². The summed E-state index contributed by atoms with van der Waals surface area (Å²) >= 11 is 0. The Balaban J connectivity index is 2.25. The normalized spacial score (nSPS) is 12.1. The zero-order valence-corrected chi connectivity index (χ0v) is 10.4. The van der Waals surface area contributed by atoms with Crippen molar-refractivity contribution >= 4 is 22.7 Å². The minimum absolute atomic E-state index is 0.0969. The van der Waals surface area contributed by atoms with Gasteiger partial charge in [0.25, 0.3) is 5.91 Å². The Hall–Kier alpha value is -2.67. The number of nitrogens with two attached hydrogens (primary N) is 1. The summed E-state index contributed by atoms with van der Waals surface area (Å²) < 4.78 is 0. The highest BCUT2D eigenvalue weighted by atomic mass is 16.3. The molecule has 1 atom stereocenters. The number of carbonyl (C=O) groups is 2. The molecule has 1 aromatic carbocycles. The van der Waals surface area contributed by atoms with Gasteiger partial charge < -0.3 is 21.1 Å². The van der Waals surface area contributed by atoms with Crippen molar-refractivity contribution in [3.8, 4) is 0 Å². The third-order valence-corrected chi connectivity index (χ3v) is 2.82. The number of nitrogens with one attached hydrogen (secondary N) is 2. The van der Waals surface area contributed by atoms with Crippen molar-refractivity contribution in [2.75, 3.05) is 6.54 Å². The van der Waals surface area contributed by atoms with E-state index in [2.05, 4.69) is 10.3 Å². The fourth-order valence-corrected chi connectivity index (χ4v) is 1.72. The van der Waals surface area contributed by atoms with Crippen LogP contribution in [0.3, 0.4) is 0 Å². The second kappa shape index (κ2) is 5.54. The van der Waals surface area contributed by atoms with Crippen LogP contribution in [0.1, 0.15) is 10.4 Å². The lowest BCUT2D eigenvalue weighted by molar-refractivity contribution is -0.125. The van der Waals surface area contributed by atoms with Gasteiger partial charge in [0.1, 0.15) is 11.7 Å². The number of pyridine rings is 1. The quantitative estimate of drug-likeness (QED) is 0.577. The largest absolute Gasteiger partial charge is 0.381 e. The van der Waals surface area contributed by atoms with Crippen molar-refractivity contribution in [1.82, 2.24) is 10.3 Å². The number of fused-ring (bicyclic) bond motifs is 1. The number of aliphatic hydroxyl groups excluding tert-OH is 1. The predicted molar refractivity (Wildman–Crippen MR) is 72.1 cm³/mol. The van der Waals surface area contributed by atoms with Crippen LogP contribution in [0.15, 0.2) is 35.3 Å². The highest BCUT2D eigenvalue weighted by Gasteiger charge is 2.16. The number of aromatic nitrogens is 1. The molecule has 0 aliphatic rings. The van der Waals surface area contributed by atoms with Crippen LogP contribution in [0.4, 0.5) is 0 Å². The van der Waals surface area contributed by atoms with Crippen LogP contribution in [-0.4, -0.2) is 34.6 Å². The average Bonchev–Trinajstić information content (AvgIpc) is 2.45. The Labute approximate surface area is 113 Å². The molecule has 7 heteroatoms. The topological polar surface area (TPSA) is 125 Å². The van der Waals surface area contributed by atoms with Crippen molar-refractivity contribution in [3.05, 3.63) is 46.2 Å².